The van der Waals surface area contributed by atoms with Gasteiger partial charge in [0, 0.05) is 0 Å². The number of halogens is 1. The molecule has 0 aromatic rings. The van der Waals surface area contributed by atoms with Gasteiger partial charge in [0.1, 0.15) is 0 Å². The van der Waals surface area contributed by atoms with Crippen LogP contribution in [0.2, 0.25) is 0 Å². The minimum Gasteiger partial charge on any atom is -0.324 e. The maximum absolute atomic E-state index is 11.1. The highest BCUT2D eigenvalue weighted by Crippen LogP contribution is 2.55. The second kappa shape index (κ2) is 4.56. The van der Waals surface area contributed by atoms with Gasteiger partial charge in [0.15, 0.2) is 0 Å². The van der Waals surface area contributed by atoms with Gasteiger partial charge in [0.25, 0.3) is 0 Å². The number of rotatable bonds is 4. The Morgan fingerprint density at radius 2 is 1.83 bits per heavy atom. The van der Waals surface area contributed by atoms with Crippen molar-refractivity contribution in [2.75, 3.05) is 0 Å². The Hall–Kier alpha value is 0.370. The van der Waals surface area contributed by atoms with Crippen LogP contribution in [0.1, 0.15) is 26.7 Å². The first-order valence-corrected chi connectivity index (χ1v) is 6.30. The van der Waals surface area contributed by atoms with Gasteiger partial charge in [-0.3, -0.25) is 4.57 Å². The maximum Gasteiger partial charge on any atom is 0.335 e. The monoisotopic (exact) mass is 256 g/mol. The predicted molar refractivity (Wildman–Crippen MR) is 53.4 cm³/mol. The van der Waals surface area contributed by atoms with Crippen LogP contribution in [0.5, 0.6) is 0 Å². The zero-order valence-electron chi connectivity index (χ0n) is 7.20. The molecule has 0 saturated heterocycles. The molecule has 0 aromatic carbocycles. The molecule has 0 unspecified atom stereocenters. The fourth-order valence-corrected chi connectivity index (χ4v) is 2.91. The van der Waals surface area contributed by atoms with Crippen LogP contribution >= 0.6 is 23.5 Å². The molecule has 0 aliphatic rings. The first-order chi connectivity index (χ1) is 5.43. The molecular weight excluding hydrogens is 243 g/mol. The fourth-order valence-electron chi connectivity index (χ4n) is 1.11. The highest BCUT2D eigenvalue weighted by Gasteiger charge is 2.41. The van der Waals surface area contributed by atoms with Crippen molar-refractivity contribution in [2.24, 2.45) is 0 Å². The average molecular weight is 257 g/mol. The van der Waals surface area contributed by atoms with Gasteiger partial charge in [0.2, 0.25) is 0 Å². The van der Waals surface area contributed by atoms with Crippen molar-refractivity contribution in [1.29, 1.82) is 0 Å². The smallest absolute Gasteiger partial charge is 0.324 e. The van der Waals surface area contributed by atoms with Crippen molar-refractivity contribution in [1.82, 2.24) is 0 Å². The second-order valence-electron chi connectivity index (χ2n) is 2.65. The van der Waals surface area contributed by atoms with Crippen molar-refractivity contribution in [2.45, 2.75) is 31.8 Å². The molecule has 0 aliphatic carbocycles. The SMILES string of the molecule is CCC(C=CBr)(CC)P(=O)(O)O. The van der Waals surface area contributed by atoms with Crippen LogP contribution in [0, 0.1) is 0 Å². The van der Waals surface area contributed by atoms with Crippen molar-refractivity contribution >= 4 is 23.5 Å². The van der Waals surface area contributed by atoms with Crippen LogP contribution in [-0.2, 0) is 4.57 Å². The number of hydrogen-bond donors (Lipinski definition) is 2. The van der Waals surface area contributed by atoms with Gasteiger partial charge < -0.3 is 9.79 Å². The third-order valence-electron chi connectivity index (χ3n) is 2.18. The molecule has 0 aliphatic heterocycles. The van der Waals surface area contributed by atoms with Crippen LogP contribution in [-0.4, -0.2) is 14.9 Å². The maximum atomic E-state index is 11.1. The topological polar surface area (TPSA) is 57.5 Å². The second-order valence-corrected chi connectivity index (χ2v) is 5.15. The quantitative estimate of drug-likeness (QED) is 0.761. The van der Waals surface area contributed by atoms with E-state index < -0.39 is 12.8 Å². The molecular formula is C7H14BrO3P. The van der Waals surface area contributed by atoms with Crippen molar-refractivity contribution in [3.63, 3.8) is 0 Å². The summed E-state index contributed by atoms with van der Waals surface area (Å²) >= 11 is 3.04. The molecule has 0 atom stereocenters. The lowest BCUT2D eigenvalue weighted by atomic mass is 10.0. The molecule has 0 radical (unpaired) electrons. The molecule has 12 heavy (non-hydrogen) atoms. The first kappa shape index (κ1) is 12.4. The molecule has 0 heterocycles. The molecule has 0 bridgehead atoms. The summed E-state index contributed by atoms with van der Waals surface area (Å²) in [6, 6.07) is 0. The molecule has 0 fully saturated rings. The largest absolute Gasteiger partial charge is 0.335 e. The standard InChI is InChI=1S/C7H14BrO3P/c1-3-7(4-2,5-6-8)12(9,10)11/h5-6H,3-4H2,1-2H3,(H2,9,10,11). The van der Waals surface area contributed by atoms with Gasteiger partial charge in [-0.25, -0.2) is 0 Å². The van der Waals surface area contributed by atoms with Crippen LogP contribution in [0.25, 0.3) is 0 Å². The van der Waals surface area contributed by atoms with Gasteiger partial charge in [-0.15, -0.1) is 0 Å². The summed E-state index contributed by atoms with van der Waals surface area (Å²) in [7, 11) is -4.04. The van der Waals surface area contributed by atoms with Gasteiger partial charge in [-0.05, 0) is 17.8 Å². The average Bonchev–Trinajstić information content (AvgIpc) is 1.98. The Kier molecular flexibility index (Phi) is 4.70. The van der Waals surface area contributed by atoms with Crippen LogP contribution in [0.3, 0.4) is 0 Å². The van der Waals surface area contributed by atoms with E-state index in [1.807, 2.05) is 0 Å². The van der Waals surface area contributed by atoms with E-state index in [0.29, 0.717) is 12.8 Å². The molecule has 5 heteroatoms. The zero-order chi connectivity index (χ0) is 9.83. The van der Waals surface area contributed by atoms with Gasteiger partial charge >= 0.3 is 7.60 Å². The van der Waals surface area contributed by atoms with Crippen molar-refractivity contribution < 1.29 is 14.4 Å². The van der Waals surface area contributed by atoms with Gasteiger partial charge in [-0.1, -0.05) is 35.9 Å². The number of hydrogen-bond acceptors (Lipinski definition) is 1. The Bertz CT molecular complexity index is 205. The third-order valence-corrected chi connectivity index (χ3v) is 4.38. The van der Waals surface area contributed by atoms with Crippen molar-refractivity contribution in [3.8, 4) is 0 Å². The summed E-state index contributed by atoms with van der Waals surface area (Å²) < 4.78 is 11.1. The Labute approximate surface area is 81.2 Å². The molecule has 0 saturated carbocycles. The normalized spacial score (nSPS) is 14.1. The lowest BCUT2D eigenvalue weighted by molar-refractivity contribution is 0.334. The molecule has 0 aromatic heterocycles. The lowest BCUT2D eigenvalue weighted by Crippen LogP contribution is -2.23. The Balaban J connectivity index is 4.96. The molecule has 0 amide bonds. The molecule has 0 spiro atoms. The third kappa shape index (κ3) is 2.43. The Morgan fingerprint density at radius 1 is 1.42 bits per heavy atom. The predicted octanol–water partition coefficient (Wildman–Crippen LogP) is 2.63. The summed E-state index contributed by atoms with van der Waals surface area (Å²) in [5, 5.41) is -0.990. The highest BCUT2D eigenvalue weighted by atomic mass is 79.9. The van der Waals surface area contributed by atoms with Crippen LogP contribution < -0.4 is 0 Å². The zero-order valence-corrected chi connectivity index (χ0v) is 9.68. The van der Waals surface area contributed by atoms with Gasteiger partial charge in [-0.2, -0.15) is 0 Å². The lowest BCUT2D eigenvalue weighted by Gasteiger charge is -2.28. The Morgan fingerprint density at radius 3 is 1.92 bits per heavy atom. The van der Waals surface area contributed by atoms with E-state index in [2.05, 4.69) is 15.9 Å². The van der Waals surface area contributed by atoms with E-state index in [9.17, 15) is 4.57 Å². The van der Waals surface area contributed by atoms with E-state index in [1.54, 1.807) is 13.8 Å². The molecule has 72 valence electrons. The molecule has 3 nitrogen and oxygen atoms in total. The summed E-state index contributed by atoms with van der Waals surface area (Å²) in [6.45, 7) is 3.55. The van der Waals surface area contributed by atoms with E-state index in [0.717, 1.165) is 0 Å². The van der Waals surface area contributed by atoms with E-state index in [-0.39, 0.29) is 0 Å². The minimum atomic E-state index is -4.04. The summed E-state index contributed by atoms with van der Waals surface area (Å²) in [5.74, 6) is 0. The highest BCUT2D eigenvalue weighted by molar-refractivity contribution is 9.11. The molecule has 0 rings (SSSR count). The summed E-state index contributed by atoms with van der Waals surface area (Å²) in [5.41, 5.74) is 0. The van der Waals surface area contributed by atoms with E-state index >= 15 is 0 Å². The fraction of sp³-hybridized carbons (Fsp3) is 0.714. The van der Waals surface area contributed by atoms with E-state index in [1.165, 1.54) is 11.1 Å². The van der Waals surface area contributed by atoms with Crippen LogP contribution in [0.4, 0.5) is 0 Å². The summed E-state index contributed by atoms with van der Waals surface area (Å²) in [4.78, 5) is 19.7. The number of allylic oxidation sites excluding steroid dienone is 1. The van der Waals surface area contributed by atoms with Crippen molar-refractivity contribution in [3.05, 3.63) is 11.1 Å². The minimum absolute atomic E-state index is 0.440. The van der Waals surface area contributed by atoms with Gasteiger partial charge in [0.05, 0.1) is 5.16 Å². The van der Waals surface area contributed by atoms with Crippen LogP contribution in [0.15, 0.2) is 11.1 Å². The van der Waals surface area contributed by atoms with E-state index in [4.69, 9.17) is 9.79 Å². The first-order valence-electron chi connectivity index (χ1n) is 3.77. The molecule has 2 N–H and O–H groups in total. The summed E-state index contributed by atoms with van der Waals surface area (Å²) in [6.07, 6.45) is 2.42.